The number of alkyl halides is 3. The summed E-state index contributed by atoms with van der Waals surface area (Å²) in [4.78, 5) is 1.28. The zero-order valence-corrected chi connectivity index (χ0v) is 7.36. The molecular weight excluding hydrogens is 169 g/mol. The van der Waals surface area contributed by atoms with Crippen LogP contribution in [0.4, 0.5) is 13.2 Å². The molecule has 0 heterocycles. The molecule has 12 heavy (non-hydrogen) atoms. The Hall–Kier alpha value is -0.290. The number of hydrogen-bond acceptors (Lipinski definition) is 2. The van der Waals surface area contributed by atoms with E-state index in [1.54, 1.807) is 13.8 Å². The molecule has 1 atom stereocenters. The van der Waals surface area contributed by atoms with E-state index in [4.69, 9.17) is 5.73 Å². The SMILES string of the molecule is CCN(C[C@H](C)N)CC(F)(F)F. The lowest BCUT2D eigenvalue weighted by molar-refractivity contribution is -0.145. The van der Waals surface area contributed by atoms with Gasteiger partial charge in [-0.3, -0.25) is 4.90 Å². The molecule has 2 N–H and O–H groups in total. The second kappa shape index (κ2) is 4.67. The predicted octanol–water partition coefficient (Wildman–Crippen LogP) is 1.22. The summed E-state index contributed by atoms with van der Waals surface area (Å²) in [6, 6.07) is -0.215. The van der Waals surface area contributed by atoms with Crippen LogP contribution in [0.2, 0.25) is 0 Å². The van der Waals surface area contributed by atoms with E-state index in [9.17, 15) is 13.2 Å². The predicted molar refractivity (Wildman–Crippen MR) is 41.8 cm³/mol. The molecule has 0 aromatic carbocycles. The molecule has 5 heteroatoms. The van der Waals surface area contributed by atoms with E-state index in [0.29, 0.717) is 6.54 Å². The fourth-order valence-corrected chi connectivity index (χ4v) is 0.966. The van der Waals surface area contributed by atoms with Gasteiger partial charge in [-0.25, -0.2) is 0 Å². The van der Waals surface area contributed by atoms with Crippen molar-refractivity contribution in [2.75, 3.05) is 19.6 Å². The lowest BCUT2D eigenvalue weighted by Crippen LogP contribution is -2.40. The van der Waals surface area contributed by atoms with Crippen molar-refractivity contribution in [1.29, 1.82) is 0 Å². The van der Waals surface area contributed by atoms with Gasteiger partial charge in [0.2, 0.25) is 0 Å². The van der Waals surface area contributed by atoms with Crippen molar-refractivity contribution >= 4 is 0 Å². The van der Waals surface area contributed by atoms with Gasteiger partial charge >= 0.3 is 6.18 Å². The minimum Gasteiger partial charge on any atom is -0.327 e. The maximum atomic E-state index is 11.9. The van der Waals surface area contributed by atoms with Crippen LogP contribution in [-0.4, -0.2) is 36.8 Å². The van der Waals surface area contributed by atoms with Crippen LogP contribution in [0.25, 0.3) is 0 Å². The Labute approximate surface area is 70.5 Å². The van der Waals surface area contributed by atoms with Crippen LogP contribution < -0.4 is 5.73 Å². The topological polar surface area (TPSA) is 29.3 Å². The summed E-state index contributed by atoms with van der Waals surface area (Å²) >= 11 is 0. The molecule has 0 bridgehead atoms. The molecule has 0 aliphatic carbocycles. The molecule has 0 aliphatic rings. The highest BCUT2D eigenvalue weighted by Crippen LogP contribution is 2.16. The molecule has 0 amide bonds. The molecule has 0 spiro atoms. The highest BCUT2D eigenvalue weighted by molar-refractivity contribution is 4.66. The molecule has 0 aromatic heterocycles. The van der Waals surface area contributed by atoms with Gasteiger partial charge in [0.15, 0.2) is 0 Å². The highest BCUT2D eigenvalue weighted by Gasteiger charge is 2.30. The number of halogens is 3. The molecule has 0 fully saturated rings. The normalized spacial score (nSPS) is 15.2. The standard InChI is InChI=1S/C7H15F3N2/c1-3-12(4-6(2)11)5-7(8,9)10/h6H,3-5,11H2,1-2H3/t6-/m0/s1. The Bertz CT molecular complexity index is 122. The first-order valence-corrected chi connectivity index (χ1v) is 3.90. The average molecular weight is 184 g/mol. The smallest absolute Gasteiger partial charge is 0.327 e. The van der Waals surface area contributed by atoms with Crippen molar-refractivity contribution in [3.8, 4) is 0 Å². The van der Waals surface area contributed by atoms with Crippen molar-refractivity contribution < 1.29 is 13.2 Å². The number of rotatable bonds is 4. The molecule has 0 saturated heterocycles. The van der Waals surface area contributed by atoms with Gasteiger partial charge in [0.25, 0.3) is 0 Å². The monoisotopic (exact) mass is 184 g/mol. The van der Waals surface area contributed by atoms with Crippen LogP contribution in [0.5, 0.6) is 0 Å². The second-order valence-corrected chi connectivity index (χ2v) is 2.92. The zero-order chi connectivity index (χ0) is 9.78. The summed E-state index contributed by atoms with van der Waals surface area (Å²) in [6.45, 7) is 3.18. The van der Waals surface area contributed by atoms with Gasteiger partial charge in [0.1, 0.15) is 0 Å². The van der Waals surface area contributed by atoms with E-state index in [2.05, 4.69) is 0 Å². The van der Waals surface area contributed by atoms with E-state index in [1.807, 2.05) is 0 Å². The summed E-state index contributed by atoms with van der Waals surface area (Å²) in [5.74, 6) is 0. The van der Waals surface area contributed by atoms with Crippen molar-refractivity contribution in [3.63, 3.8) is 0 Å². The van der Waals surface area contributed by atoms with E-state index in [-0.39, 0.29) is 12.6 Å². The second-order valence-electron chi connectivity index (χ2n) is 2.92. The van der Waals surface area contributed by atoms with Gasteiger partial charge < -0.3 is 5.73 Å². The molecule has 0 aromatic rings. The molecule has 0 aliphatic heterocycles. The maximum absolute atomic E-state index is 11.9. The van der Waals surface area contributed by atoms with Crippen molar-refractivity contribution in [1.82, 2.24) is 4.90 Å². The van der Waals surface area contributed by atoms with Crippen LogP contribution in [0.15, 0.2) is 0 Å². The van der Waals surface area contributed by atoms with Gasteiger partial charge in [-0.2, -0.15) is 13.2 Å². The first-order chi connectivity index (χ1) is 5.35. The van der Waals surface area contributed by atoms with Crippen LogP contribution in [-0.2, 0) is 0 Å². The van der Waals surface area contributed by atoms with E-state index in [1.165, 1.54) is 4.90 Å². The quantitative estimate of drug-likeness (QED) is 0.711. The number of nitrogens with zero attached hydrogens (tertiary/aromatic N) is 1. The number of nitrogens with two attached hydrogens (primary N) is 1. The zero-order valence-electron chi connectivity index (χ0n) is 7.36. The summed E-state index contributed by atoms with van der Waals surface area (Å²) in [7, 11) is 0. The molecular formula is C7H15F3N2. The molecule has 2 nitrogen and oxygen atoms in total. The Morgan fingerprint density at radius 2 is 1.92 bits per heavy atom. The van der Waals surface area contributed by atoms with Gasteiger partial charge in [0.05, 0.1) is 6.54 Å². The van der Waals surface area contributed by atoms with Crippen LogP contribution >= 0.6 is 0 Å². The highest BCUT2D eigenvalue weighted by atomic mass is 19.4. The van der Waals surface area contributed by atoms with Gasteiger partial charge in [0, 0.05) is 12.6 Å². The largest absolute Gasteiger partial charge is 0.401 e. The van der Waals surface area contributed by atoms with E-state index in [0.717, 1.165) is 0 Å². The molecule has 0 saturated carbocycles. The first-order valence-electron chi connectivity index (χ1n) is 3.90. The summed E-state index contributed by atoms with van der Waals surface area (Å²) in [6.07, 6.45) is -4.12. The maximum Gasteiger partial charge on any atom is 0.401 e. The Balaban J connectivity index is 3.83. The number of hydrogen-bond donors (Lipinski definition) is 1. The number of likely N-dealkylation sites (N-methyl/N-ethyl adjacent to an activating group) is 1. The minimum absolute atomic E-state index is 0.215. The Kier molecular flexibility index (Phi) is 4.55. The van der Waals surface area contributed by atoms with Crippen LogP contribution in [0.1, 0.15) is 13.8 Å². The van der Waals surface area contributed by atoms with Gasteiger partial charge in [-0.15, -0.1) is 0 Å². The molecule has 0 unspecified atom stereocenters. The fraction of sp³-hybridized carbons (Fsp3) is 1.00. The van der Waals surface area contributed by atoms with Gasteiger partial charge in [-0.1, -0.05) is 6.92 Å². The lowest BCUT2D eigenvalue weighted by Gasteiger charge is -2.23. The van der Waals surface area contributed by atoms with Crippen molar-refractivity contribution in [2.45, 2.75) is 26.1 Å². The molecule has 0 rings (SSSR count). The summed E-state index contributed by atoms with van der Waals surface area (Å²) in [5.41, 5.74) is 5.38. The summed E-state index contributed by atoms with van der Waals surface area (Å²) < 4.78 is 35.6. The van der Waals surface area contributed by atoms with E-state index >= 15 is 0 Å². The van der Waals surface area contributed by atoms with Crippen molar-refractivity contribution in [3.05, 3.63) is 0 Å². The van der Waals surface area contributed by atoms with E-state index < -0.39 is 12.7 Å². The lowest BCUT2D eigenvalue weighted by atomic mass is 10.3. The average Bonchev–Trinajstić information content (AvgIpc) is 1.82. The fourth-order valence-electron chi connectivity index (χ4n) is 0.966. The van der Waals surface area contributed by atoms with Crippen molar-refractivity contribution in [2.24, 2.45) is 5.73 Å². The van der Waals surface area contributed by atoms with Crippen LogP contribution in [0, 0.1) is 0 Å². The molecule has 74 valence electrons. The summed E-state index contributed by atoms with van der Waals surface area (Å²) in [5, 5.41) is 0. The Morgan fingerprint density at radius 1 is 1.42 bits per heavy atom. The third-order valence-corrected chi connectivity index (χ3v) is 1.40. The first kappa shape index (κ1) is 11.7. The Morgan fingerprint density at radius 3 is 2.17 bits per heavy atom. The van der Waals surface area contributed by atoms with Gasteiger partial charge in [-0.05, 0) is 13.5 Å². The minimum atomic E-state index is -4.12. The van der Waals surface area contributed by atoms with Crippen LogP contribution in [0.3, 0.4) is 0 Å². The third-order valence-electron chi connectivity index (χ3n) is 1.40. The third kappa shape index (κ3) is 6.42. The molecule has 0 radical (unpaired) electrons.